The van der Waals surface area contributed by atoms with Crippen molar-refractivity contribution in [2.24, 2.45) is 0 Å². The van der Waals surface area contributed by atoms with Gasteiger partial charge >= 0.3 is 12.0 Å². The predicted octanol–water partition coefficient (Wildman–Crippen LogP) is 0.102. The fourth-order valence-corrected chi connectivity index (χ4v) is 1.14. The Hall–Kier alpha value is -1.63. The first kappa shape index (κ1) is 15.4. The predicted molar refractivity (Wildman–Crippen MR) is 59.5 cm³/mol. The van der Waals surface area contributed by atoms with Gasteiger partial charge in [-0.3, -0.25) is 14.9 Å². The molecule has 0 aliphatic rings. The van der Waals surface area contributed by atoms with Crippen LogP contribution in [-0.2, 0) is 14.3 Å². The number of rotatable bonds is 7. The highest BCUT2D eigenvalue weighted by Gasteiger charge is 2.10. The zero-order chi connectivity index (χ0) is 13.3. The second-order valence-corrected chi connectivity index (χ2v) is 3.63. The first-order valence-electron chi connectivity index (χ1n) is 5.26. The normalized spacial score (nSPS) is 11.6. The quantitative estimate of drug-likeness (QED) is 0.591. The van der Waals surface area contributed by atoms with E-state index in [1.165, 1.54) is 7.11 Å². The van der Waals surface area contributed by atoms with Crippen LogP contribution >= 0.6 is 0 Å². The Morgan fingerprint density at radius 2 is 1.94 bits per heavy atom. The lowest BCUT2D eigenvalue weighted by Gasteiger charge is -2.12. The van der Waals surface area contributed by atoms with E-state index in [0.717, 1.165) is 0 Å². The number of hydrogen-bond acceptors (Lipinski definition) is 4. The molecule has 0 aromatic carbocycles. The molecule has 0 saturated carbocycles. The first-order valence-corrected chi connectivity index (χ1v) is 5.26. The van der Waals surface area contributed by atoms with E-state index in [1.54, 1.807) is 6.92 Å². The number of methoxy groups -OCH3 is 1. The molecule has 3 amide bonds. The largest absolute Gasteiger partial charge is 0.481 e. The van der Waals surface area contributed by atoms with Crippen molar-refractivity contribution in [3.63, 3.8) is 0 Å². The maximum absolute atomic E-state index is 11.2. The molecule has 0 aromatic rings. The van der Waals surface area contributed by atoms with Crippen molar-refractivity contribution in [2.45, 2.75) is 32.2 Å². The van der Waals surface area contributed by atoms with Crippen LogP contribution in [0.4, 0.5) is 4.79 Å². The molecule has 0 heterocycles. The molecular formula is C10H18N2O5. The molecule has 3 N–H and O–H groups in total. The molecule has 0 radical (unpaired) electrons. The van der Waals surface area contributed by atoms with E-state index in [2.05, 4.69) is 10.6 Å². The molecule has 0 aliphatic heterocycles. The van der Waals surface area contributed by atoms with Gasteiger partial charge in [0.25, 0.3) is 0 Å². The maximum atomic E-state index is 11.2. The summed E-state index contributed by atoms with van der Waals surface area (Å²) >= 11 is 0. The number of urea groups is 1. The Kier molecular flexibility index (Phi) is 7.70. The van der Waals surface area contributed by atoms with Gasteiger partial charge < -0.3 is 15.2 Å². The summed E-state index contributed by atoms with van der Waals surface area (Å²) in [5.74, 6) is -1.45. The number of imide groups is 1. The second-order valence-electron chi connectivity index (χ2n) is 3.63. The second kappa shape index (κ2) is 8.51. The molecule has 7 heteroatoms. The van der Waals surface area contributed by atoms with Crippen LogP contribution in [0.25, 0.3) is 0 Å². The lowest BCUT2D eigenvalue weighted by molar-refractivity contribution is -0.137. The van der Waals surface area contributed by atoms with Crippen LogP contribution in [0.15, 0.2) is 0 Å². The summed E-state index contributed by atoms with van der Waals surface area (Å²) in [6.07, 6.45) is 0.134. The fourth-order valence-electron chi connectivity index (χ4n) is 1.14. The molecular weight excluding hydrogens is 228 g/mol. The summed E-state index contributed by atoms with van der Waals surface area (Å²) in [5, 5.41) is 13.0. The van der Waals surface area contributed by atoms with Crippen LogP contribution in [0.2, 0.25) is 0 Å². The van der Waals surface area contributed by atoms with Gasteiger partial charge in [-0.2, -0.15) is 0 Å². The smallest absolute Gasteiger partial charge is 0.321 e. The molecule has 7 nitrogen and oxygen atoms in total. The minimum Gasteiger partial charge on any atom is -0.481 e. The van der Waals surface area contributed by atoms with E-state index in [9.17, 15) is 14.4 Å². The molecule has 0 aromatic heterocycles. The minimum atomic E-state index is -0.962. The highest BCUT2D eigenvalue weighted by atomic mass is 16.5. The van der Waals surface area contributed by atoms with Gasteiger partial charge in [0.05, 0.1) is 12.6 Å². The minimum absolute atomic E-state index is 0.0123. The summed E-state index contributed by atoms with van der Waals surface area (Å²) < 4.78 is 4.81. The van der Waals surface area contributed by atoms with E-state index >= 15 is 0 Å². The first-order chi connectivity index (χ1) is 7.95. The van der Waals surface area contributed by atoms with Crippen molar-refractivity contribution in [3.8, 4) is 0 Å². The molecule has 0 spiro atoms. The van der Waals surface area contributed by atoms with E-state index in [-0.39, 0.29) is 25.3 Å². The van der Waals surface area contributed by atoms with Gasteiger partial charge in [-0.15, -0.1) is 0 Å². The molecule has 1 unspecified atom stereocenters. The van der Waals surface area contributed by atoms with E-state index < -0.39 is 17.9 Å². The Labute approximate surface area is 99.5 Å². The summed E-state index contributed by atoms with van der Waals surface area (Å²) in [6, 6.07) is -0.804. The molecule has 1 atom stereocenters. The van der Waals surface area contributed by atoms with Crippen molar-refractivity contribution in [1.82, 2.24) is 10.6 Å². The number of nitrogens with one attached hydrogen (secondary N) is 2. The van der Waals surface area contributed by atoms with Crippen molar-refractivity contribution in [3.05, 3.63) is 0 Å². The summed E-state index contributed by atoms with van der Waals surface area (Å²) in [6.45, 7) is 2.08. The third-order valence-corrected chi connectivity index (χ3v) is 1.84. The number of carboxylic acids is 1. The van der Waals surface area contributed by atoms with Gasteiger partial charge in [-0.25, -0.2) is 4.79 Å². The summed E-state index contributed by atoms with van der Waals surface area (Å²) in [5.41, 5.74) is 0. The Morgan fingerprint density at radius 1 is 1.29 bits per heavy atom. The summed E-state index contributed by atoms with van der Waals surface area (Å²) in [4.78, 5) is 32.6. The van der Waals surface area contributed by atoms with E-state index in [0.29, 0.717) is 6.61 Å². The monoisotopic (exact) mass is 246 g/mol. The SMILES string of the molecule is COCC(C)NC(=O)NC(=O)CCCC(=O)O. The van der Waals surface area contributed by atoms with Gasteiger partial charge in [-0.1, -0.05) is 0 Å². The number of carboxylic acid groups (broad SMARTS) is 1. The van der Waals surface area contributed by atoms with Crippen LogP contribution in [0.3, 0.4) is 0 Å². The topological polar surface area (TPSA) is 105 Å². The van der Waals surface area contributed by atoms with Gasteiger partial charge in [-0.05, 0) is 13.3 Å². The van der Waals surface area contributed by atoms with Crippen LogP contribution in [0.5, 0.6) is 0 Å². The zero-order valence-electron chi connectivity index (χ0n) is 9.99. The highest BCUT2D eigenvalue weighted by molar-refractivity contribution is 5.94. The number of amides is 3. The fraction of sp³-hybridized carbons (Fsp3) is 0.700. The van der Waals surface area contributed by atoms with Crippen LogP contribution in [0, 0.1) is 0 Å². The van der Waals surface area contributed by atoms with Crippen LogP contribution in [-0.4, -0.2) is 42.8 Å². The lowest BCUT2D eigenvalue weighted by atomic mass is 10.2. The van der Waals surface area contributed by atoms with Gasteiger partial charge in [0, 0.05) is 20.0 Å². The standard InChI is InChI=1S/C10H18N2O5/c1-7(6-17-2)11-10(16)12-8(13)4-3-5-9(14)15/h7H,3-6H2,1-2H3,(H,14,15)(H2,11,12,13,16). The van der Waals surface area contributed by atoms with E-state index in [1.807, 2.05) is 0 Å². The third-order valence-electron chi connectivity index (χ3n) is 1.84. The molecule has 0 aliphatic carbocycles. The Bertz CT molecular complexity index is 280. The van der Waals surface area contributed by atoms with Gasteiger partial charge in [0.2, 0.25) is 5.91 Å². The molecule has 0 fully saturated rings. The lowest BCUT2D eigenvalue weighted by Crippen LogP contribution is -2.44. The number of hydrogen-bond donors (Lipinski definition) is 3. The maximum Gasteiger partial charge on any atom is 0.321 e. The number of carbonyl (C=O) groups is 3. The Morgan fingerprint density at radius 3 is 2.47 bits per heavy atom. The van der Waals surface area contributed by atoms with Crippen LogP contribution < -0.4 is 10.6 Å². The summed E-state index contributed by atoms with van der Waals surface area (Å²) in [7, 11) is 1.51. The van der Waals surface area contributed by atoms with Crippen molar-refractivity contribution < 1.29 is 24.2 Å². The zero-order valence-corrected chi connectivity index (χ0v) is 9.99. The van der Waals surface area contributed by atoms with Crippen LogP contribution in [0.1, 0.15) is 26.2 Å². The van der Waals surface area contributed by atoms with Crippen molar-refractivity contribution in [1.29, 1.82) is 0 Å². The highest BCUT2D eigenvalue weighted by Crippen LogP contribution is 1.94. The van der Waals surface area contributed by atoms with Gasteiger partial charge in [0.1, 0.15) is 0 Å². The van der Waals surface area contributed by atoms with Crippen molar-refractivity contribution in [2.75, 3.05) is 13.7 Å². The molecule has 98 valence electrons. The molecule has 0 saturated heterocycles. The molecule has 0 bridgehead atoms. The number of ether oxygens (including phenoxy) is 1. The average Bonchev–Trinajstić information content (AvgIpc) is 2.16. The number of aliphatic carboxylic acids is 1. The third kappa shape index (κ3) is 9.31. The Balaban J connectivity index is 3.72. The molecule has 17 heavy (non-hydrogen) atoms. The van der Waals surface area contributed by atoms with Crippen molar-refractivity contribution >= 4 is 17.9 Å². The average molecular weight is 246 g/mol. The number of carbonyl (C=O) groups excluding carboxylic acids is 2. The van der Waals surface area contributed by atoms with E-state index in [4.69, 9.17) is 9.84 Å². The molecule has 0 rings (SSSR count). The van der Waals surface area contributed by atoms with Gasteiger partial charge in [0.15, 0.2) is 0 Å².